The molecular weight excluding hydrogens is 366 g/mol. The predicted octanol–water partition coefficient (Wildman–Crippen LogP) is 5.20. The molecule has 1 atom stereocenters. The molecule has 1 aliphatic heterocycles. The molecule has 134 valence electrons. The van der Waals surface area contributed by atoms with E-state index >= 15 is 0 Å². The van der Waals surface area contributed by atoms with Crippen LogP contribution in [0.15, 0.2) is 47.8 Å². The van der Waals surface area contributed by atoms with Gasteiger partial charge in [-0.05, 0) is 48.1 Å². The van der Waals surface area contributed by atoms with Crippen LogP contribution in [0.5, 0.6) is 0 Å². The highest BCUT2D eigenvalue weighted by Gasteiger charge is 2.25. The summed E-state index contributed by atoms with van der Waals surface area (Å²) in [6, 6.07) is 13.9. The summed E-state index contributed by atoms with van der Waals surface area (Å²) in [4.78, 5) is 16.0. The summed E-state index contributed by atoms with van der Waals surface area (Å²) in [7, 11) is 0. The maximum absolute atomic E-state index is 13.0. The summed E-state index contributed by atoms with van der Waals surface area (Å²) in [6.07, 6.45) is 3.24. The largest absolute Gasteiger partial charge is 0.337 e. The van der Waals surface area contributed by atoms with Crippen molar-refractivity contribution >= 4 is 28.8 Å². The van der Waals surface area contributed by atoms with Crippen molar-refractivity contribution in [3.8, 4) is 10.6 Å². The Morgan fingerprint density at radius 3 is 2.85 bits per heavy atom. The van der Waals surface area contributed by atoms with Gasteiger partial charge in [0.1, 0.15) is 0 Å². The van der Waals surface area contributed by atoms with Crippen LogP contribution in [0.25, 0.3) is 10.6 Å². The second-order valence-electron chi connectivity index (χ2n) is 6.64. The van der Waals surface area contributed by atoms with Gasteiger partial charge >= 0.3 is 0 Å². The van der Waals surface area contributed by atoms with Gasteiger partial charge < -0.3 is 4.90 Å². The van der Waals surface area contributed by atoms with Crippen molar-refractivity contribution in [2.75, 3.05) is 13.1 Å². The molecule has 1 saturated heterocycles. The Morgan fingerprint density at radius 1 is 1.23 bits per heavy atom. The van der Waals surface area contributed by atoms with Crippen molar-refractivity contribution in [2.45, 2.75) is 25.2 Å². The molecule has 1 unspecified atom stereocenters. The molecule has 4 rings (SSSR count). The fraction of sp³-hybridized carbons (Fsp3) is 0.300. The zero-order chi connectivity index (χ0) is 17.9. The predicted molar refractivity (Wildman–Crippen MR) is 106 cm³/mol. The first-order valence-corrected chi connectivity index (χ1v) is 10.1. The van der Waals surface area contributed by atoms with Gasteiger partial charge in [0.05, 0.1) is 10.6 Å². The summed E-state index contributed by atoms with van der Waals surface area (Å²) >= 11 is 7.64. The van der Waals surface area contributed by atoms with E-state index in [1.54, 1.807) is 11.3 Å². The van der Waals surface area contributed by atoms with Crippen LogP contribution >= 0.6 is 22.9 Å². The van der Waals surface area contributed by atoms with Gasteiger partial charge in [-0.25, -0.2) is 0 Å². The summed E-state index contributed by atoms with van der Waals surface area (Å²) < 4.78 is 0. The fourth-order valence-corrected chi connectivity index (χ4v) is 4.30. The van der Waals surface area contributed by atoms with Crippen LogP contribution in [-0.2, 0) is 0 Å². The topological polar surface area (TPSA) is 49.0 Å². The molecule has 0 saturated carbocycles. The number of halogens is 1. The highest BCUT2D eigenvalue weighted by Crippen LogP contribution is 2.29. The van der Waals surface area contributed by atoms with Gasteiger partial charge in [-0.2, -0.15) is 5.10 Å². The van der Waals surface area contributed by atoms with Gasteiger partial charge in [-0.15, -0.1) is 11.3 Å². The number of benzene rings is 1. The van der Waals surface area contributed by atoms with E-state index in [-0.39, 0.29) is 5.91 Å². The zero-order valence-corrected chi connectivity index (χ0v) is 15.9. The number of rotatable bonds is 3. The van der Waals surface area contributed by atoms with Crippen LogP contribution in [0.3, 0.4) is 0 Å². The maximum Gasteiger partial charge on any atom is 0.274 e. The average molecular weight is 386 g/mol. The van der Waals surface area contributed by atoms with Crippen molar-refractivity contribution in [1.29, 1.82) is 0 Å². The molecule has 0 spiro atoms. The molecule has 1 amide bonds. The van der Waals surface area contributed by atoms with E-state index in [0.717, 1.165) is 47.9 Å². The number of aromatic nitrogens is 2. The zero-order valence-electron chi connectivity index (χ0n) is 14.3. The van der Waals surface area contributed by atoms with Gasteiger partial charge in [0.25, 0.3) is 5.91 Å². The molecule has 0 bridgehead atoms. The minimum Gasteiger partial charge on any atom is -0.337 e. The Kier molecular flexibility index (Phi) is 5.09. The normalized spacial score (nSPS) is 17.9. The summed E-state index contributed by atoms with van der Waals surface area (Å²) in [6.45, 7) is 1.51. The van der Waals surface area contributed by atoms with Crippen molar-refractivity contribution < 1.29 is 4.79 Å². The lowest BCUT2D eigenvalue weighted by atomic mass is 9.94. The van der Waals surface area contributed by atoms with E-state index in [2.05, 4.69) is 22.3 Å². The van der Waals surface area contributed by atoms with E-state index in [9.17, 15) is 4.79 Å². The van der Waals surface area contributed by atoms with Crippen molar-refractivity contribution in [1.82, 2.24) is 15.1 Å². The Hall–Kier alpha value is -2.11. The third-order valence-corrected chi connectivity index (χ3v) is 6.04. The quantitative estimate of drug-likeness (QED) is 0.673. The van der Waals surface area contributed by atoms with E-state index in [1.807, 2.05) is 40.6 Å². The van der Waals surface area contributed by atoms with Crippen LogP contribution < -0.4 is 0 Å². The van der Waals surface area contributed by atoms with Gasteiger partial charge in [0.15, 0.2) is 5.69 Å². The molecule has 1 fully saturated rings. The Morgan fingerprint density at radius 2 is 2.08 bits per heavy atom. The number of carbonyl (C=O) groups excluding carboxylic acids is 1. The van der Waals surface area contributed by atoms with Crippen LogP contribution in [0.2, 0.25) is 5.02 Å². The molecule has 1 N–H and O–H groups in total. The average Bonchev–Trinajstić information content (AvgIpc) is 3.29. The summed E-state index contributed by atoms with van der Waals surface area (Å²) in [5, 5.41) is 10.0. The van der Waals surface area contributed by atoms with E-state index in [1.165, 1.54) is 5.56 Å². The molecule has 2 aromatic heterocycles. The van der Waals surface area contributed by atoms with Crippen LogP contribution in [0, 0.1) is 0 Å². The number of nitrogens with zero attached hydrogens (tertiary/aromatic N) is 2. The molecule has 3 aromatic rings. The minimum absolute atomic E-state index is 0.00456. The highest BCUT2D eigenvalue weighted by molar-refractivity contribution is 7.13. The lowest BCUT2D eigenvalue weighted by Crippen LogP contribution is -2.34. The smallest absolute Gasteiger partial charge is 0.274 e. The molecule has 4 nitrogen and oxygen atoms in total. The minimum atomic E-state index is 0.00456. The number of amides is 1. The van der Waals surface area contributed by atoms with Crippen LogP contribution in [-0.4, -0.2) is 34.1 Å². The number of H-pyrrole nitrogens is 1. The van der Waals surface area contributed by atoms with Crippen molar-refractivity contribution in [3.05, 3.63) is 64.1 Å². The lowest BCUT2D eigenvalue weighted by molar-refractivity contribution is 0.0748. The van der Waals surface area contributed by atoms with Crippen molar-refractivity contribution in [2.24, 2.45) is 0 Å². The number of thiophene rings is 1. The summed E-state index contributed by atoms with van der Waals surface area (Å²) in [5.74, 6) is 0.347. The van der Waals surface area contributed by atoms with Crippen LogP contribution in [0.4, 0.5) is 0 Å². The standard InChI is InChI=1S/C20H20ClN3OS/c21-16-8-6-14(7-9-16)15-4-1-2-10-24(13-15)20(25)18-12-17(22-23-18)19-5-3-11-26-19/h3,5-9,11-12,15H,1-2,4,10,13H2,(H,22,23). The number of hydrogen-bond acceptors (Lipinski definition) is 3. The Bertz CT molecular complexity index is 873. The van der Waals surface area contributed by atoms with E-state index in [4.69, 9.17) is 11.6 Å². The molecule has 6 heteroatoms. The van der Waals surface area contributed by atoms with Gasteiger partial charge in [0.2, 0.25) is 0 Å². The van der Waals surface area contributed by atoms with E-state index in [0.29, 0.717) is 11.6 Å². The molecule has 26 heavy (non-hydrogen) atoms. The number of nitrogens with one attached hydrogen (secondary N) is 1. The Labute approximate surface area is 161 Å². The molecule has 0 aliphatic carbocycles. The monoisotopic (exact) mass is 385 g/mol. The maximum atomic E-state index is 13.0. The first-order chi connectivity index (χ1) is 12.7. The first kappa shape index (κ1) is 17.3. The van der Waals surface area contributed by atoms with Crippen LogP contribution in [0.1, 0.15) is 41.2 Å². The number of hydrogen-bond donors (Lipinski definition) is 1. The SMILES string of the molecule is O=C(c1cc(-c2cccs2)[nH]n1)N1CCCCC(c2ccc(Cl)cc2)C1. The summed E-state index contributed by atoms with van der Waals surface area (Å²) in [5.41, 5.74) is 2.63. The highest BCUT2D eigenvalue weighted by atomic mass is 35.5. The second kappa shape index (κ2) is 7.64. The van der Waals surface area contributed by atoms with Gasteiger partial charge in [0, 0.05) is 24.0 Å². The molecule has 1 aromatic carbocycles. The Balaban J connectivity index is 1.52. The van der Waals surface area contributed by atoms with Gasteiger partial charge in [-0.1, -0.05) is 36.2 Å². The third-order valence-electron chi connectivity index (χ3n) is 4.88. The third kappa shape index (κ3) is 3.69. The van der Waals surface area contributed by atoms with E-state index < -0.39 is 0 Å². The lowest BCUT2D eigenvalue weighted by Gasteiger charge is -2.24. The molecular formula is C20H20ClN3OS. The second-order valence-corrected chi connectivity index (χ2v) is 8.02. The molecule has 3 heterocycles. The first-order valence-electron chi connectivity index (χ1n) is 8.85. The van der Waals surface area contributed by atoms with Crippen molar-refractivity contribution in [3.63, 3.8) is 0 Å². The molecule has 0 radical (unpaired) electrons. The number of likely N-dealkylation sites (tertiary alicyclic amines) is 1. The number of aromatic amines is 1. The molecule has 1 aliphatic rings. The fourth-order valence-electron chi connectivity index (χ4n) is 3.48. The number of carbonyl (C=O) groups is 1. The van der Waals surface area contributed by atoms with Gasteiger partial charge in [-0.3, -0.25) is 9.89 Å².